The van der Waals surface area contributed by atoms with Gasteiger partial charge in [-0.3, -0.25) is 10.1 Å². The van der Waals surface area contributed by atoms with Gasteiger partial charge in [-0.1, -0.05) is 6.92 Å². The first-order valence-corrected chi connectivity index (χ1v) is 4.70. The highest BCUT2D eigenvalue weighted by Gasteiger charge is 2.18. The number of nitro groups is 1. The highest BCUT2D eigenvalue weighted by atomic mass is 19.1. The molecule has 1 unspecified atom stereocenters. The monoisotopic (exact) mass is 212 g/mol. The van der Waals surface area contributed by atoms with E-state index in [0.29, 0.717) is 18.5 Å². The number of rotatable bonds is 4. The van der Waals surface area contributed by atoms with Gasteiger partial charge >= 0.3 is 0 Å². The highest BCUT2D eigenvalue weighted by Crippen LogP contribution is 2.28. The predicted octanol–water partition coefficient (Wildman–Crippen LogP) is 2.19. The minimum atomic E-state index is -0.498. The first-order valence-electron chi connectivity index (χ1n) is 4.70. The van der Waals surface area contributed by atoms with Crippen molar-refractivity contribution in [2.24, 2.45) is 5.73 Å². The fourth-order valence-electron chi connectivity index (χ4n) is 1.49. The van der Waals surface area contributed by atoms with E-state index in [1.54, 1.807) is 6.92 Å². The Bertz CT molecular complexity index is 368. The molecule has 0 bridgehead atoms. The van der Waals surface area contributed by atoms with Crippen LogP contribution in [-0.2, 0) is 0 Å². The van der Waals surface area contributed by atoms with Crippen molar-refractivity contribution in [2.75, 3.05) is 6.54 Å². The van der Waals surface area contributed by atoms with Crippen LogP contribution in [0.2, 0.25) is 0 Å². The number of nitrogens with two attached hydrogens (primary N) is 1. The molecule has 1 rings (SSSR count). The molecule has 0 fully saturated rings. The maximum absolute atomic E-state index is 13.0. The topological polar surface area (TPSA) is 69.2 Å². The lowest BCUT2D eigenvalue weighted by Crippen LogP contribution is -2.07. The van der Waals surface area contributed by atoms with Crippen LogP contribution < -0.4 is 5.73 Å². The average Bonchev–Trinajstić information content (AvgIpc) is 2.17. The van der Waals surface area contributed by atoms with E-state index in [9.17, 15) is 14.5 Å². The van der Waals surface area contributed by atoms with E-state index < -0.39 is 10.7 Å². The van der Waals surface area contributed by atoms with Gasteiger partial charge in [0.15, 0.2) is 0 Å². The second-order valence-corrected chi connectivity index (χ2v) is 3.44. The summed E-state index contributed by atoms with van der Waals surface area (Å²) < 4.78 is 13.0. The first-order chi connectivity index (χ1) is 7.06. The minimum Gasteiger partial charge on any atom is -0.330 e. The Balaban J connectivity index is 3.12. The molecule has 82 valence electrons. The molecule has 1 aromatic rings. The van der Waals surface area contributed by atoms with Gasteiger partial charge in [-0.05, 0) is 31.0 Å². The Kier molecular flexibility index (Phi) is 3.74. The van der Waals surface area contributed by atoms with Gasteiger partial charge < -0.3 is 5.73 Å². The standard InChI is InChI=1S/C10H13FN2O2/c1-7(4-5-12)9-6-8(11)2-3-10(9)13(14)15/h2-3,6-7H,4-5,12H2,1H3. The summed E-state index contributed by atoms with van der Waals surface area (Å²) in [5.41, 5.74) is 5.73. The molecule has 0 amide bonds. The first kappa shape index (κ1) is 11.6. The maximum Gasteiger partial charge on any atom is 0.273 e. The molecule has 0 aromatic heterocycles. The molecule has 0 spiro atoms. The summed E-state index contributed by atoms with van der Waals surface area (Å²) in [6.07, 6.45) is 0.601. The van der Waals surface area contributed by atoms with Crippen LogP contribution in [-0.4, -0.2) is 11.5 Å². The van der Waals surface area contributed by atoms with Crippen LogP contribution in [0, 0.1) is 15.9 Å². The molecule has 0 aliphatic heterocycles. The van der Waals surface area contributed by atoms with Crippen LogP contribution in [0.25, 0.3) is 0 Å². The summed E-state index contributed by atoms with van der Waals surface area (Å²) in [4.78, 5) is 10.2. The van der Waals surface area contributed by atoms with Crippen molar-refractivity contribution in [3.05, 3.63) is 39.7 Å². The molecule has 5 heteroatoms. The highest BCUT2D eigenvalue weighted by molar-refractivity contribution is 5.42. The Morgan fingerprint density at radius 3 is 2.80 bits per heavy atom. The summed E-state index contributed by atoms with van der Waals surface area (Å²) in [5.74, 6) is -0.564. The Hall–Kier alpha value is -1.49. The minimum absolute atomic E-state index is 0.0441. The second-order valence-electron chi connectivity index (χ2n) is 3.44. The van der Waals surface area contributed by atoms with Crippen molar-refractivity contribution in [1.82, 2.24) is 0 Å². The summed E-state index contributed by atoms with van der Waals surface area (Å²) in [7, 11) is 0. The van der Waals surface area contributed by atoms with Crippen molar-refractivity contribution in [3.8, 4) is 0 Å². The number of benzene rings is 1. The third kappa shape index (κ3) is 2.73. The van der Waals surface area contributed by atoms with E-state index in [2.05, 4.69) is 0 Å². The van der Waals surface area contributed by atoms with Crippen molar-refractivity contribution in [2.45, 2.75) is 19.3 Å². The van der Waals surface area contributed by atoms with Gasteiger partial charge in [-0.25, -0.2) is 4.39 Å². The van der Waals surface area contributed by atoms with Gasteiger partial charge in [0.2, 0.25) is 0 Å². The van der Waals surface area contributed by atoms with Crippen LogP contribution >= 0.6 is 0 Å². The molecule has 2 N–H and O–H groups in total. The third-order valence-corrected chi connectivity index (χ3v) is 2.32. The van der Waals surface area contributed by atoms with Crippen molar-refractivity contribution in [1.29, 1.82) is 0 Å². The average molecular weight is 212 g/mol. The number of nitrogens with zero attached hydrogens (tertiary/aromatic N) is 1. The van der Waals surface area contributed by atoms with E-state index in [0.717, 1.165) is 6.07 Å². The smallest absolute Gasteiger partial charge is 0.273 e. The molecular formula is C10H13FN2O2. The summed E-state index contributed by atoms with van der Waals surface area (Å²) >= 11 is 0. The molecule has 0 aliphatic rings. The Morgan fingerprint density at radius 2 is 2.27 bits per heavy atom. The summed E-state index contributed by atoms with van der Waals surface area (Å²) in [6, 6.07) is 3.49. The zero-order valence-corrected chi connectivity index (χ0v) is 8.44. The lowest BCUT2D eigenvalue weighted by Gasteiger charge is -2.10. The Labute approximate surface area is 87.0 Å². The zero-order chi connectivity index (χ0) is 11.4. The maximum atomic E-state index is 13.0. The SMILES string of the molecule is CC(CCN)c1cc(F)ccc1[N+](=O)[O-]. The molecule has 0 heterocycles. The van der Waals surface area contributed by atoms with Crippen LogP contribution in [0.4, 0.5) is 10.1 Å². The predicted molar refractivity (Wildman–Crippen MR) is 55.1 cm³/mol. The molecule has 1 aromatic carbocycles. The molecule has 0 aliphatic carbocycles. The lowest BCUT2D eigenvalue weighted by atomic mass is 9.96. The van der Waals surface area contributed by atoms with Crippen LogP contribution in [0.1, 0.15) is 24.8 Å². The molecule has 15 heavy (non-hydrogen) atoms. The van der Waals surface area contributed by atoms with Gasteiger partial charge in [0, 0.05) is 11.6 Å². The lowest BCUT2D eigenvalue weighted by molar-refractivity contribution is -0.385. The summed E-state index contributed by atoms with van der Waals surface area (Å²) in [5, 5.41) is 10.7. The normalized spacial score (nSPS) is 12.5. The van der Waals surface area contributed by atoms with Gasteiger partial charge in [0.05, 0.1) is 4.92 Å². The second kappa shape index (κ2) is 4.84. The number of hydrogen-bond acceptors (Lipinski definition) is 3. The summed E-state index contributed by atoms with van der Waals surface area (Å²) in [6.45, 7) is 2.23. The molecular weight excluding hydrogens is 199 g/mol. The van der Waals surface area contributed by atoms with Gasteiger partial charge in [-0.15, -0.1) is 0 Å². The molecule has 0 radical (unpaired) electrons. The number of halogens is 1. The molecule has 4 nitrogen and oxygen atoms in total. The van der Waals surface area contributed by atoms with Crippen molar-refractivity contribution in [3.63, 3.8) is 0 Å². The van der Waals surface area contributed by atoms with Gasteiger partial charge in [-0.2, -0.15) is 0 Å². The third-order valence-electron chi connectivity index (χ3n) is 2.32. The Morgan fingerprint density at radius 1 is 1.60 bits per heavy atom. The molecule has 0 saturated heterocycles. The number of hydrogen-bond donors (Lipinski definition) is 1. The van der Waals surface area contributed by atoms with Crippen molar-refractivity contribution < 1.29 is 9.31 Å². The van der Waals surface area contributed by atoms with E-state index in [-0.39, 0.29) is 11.6 Å². The van der Waals surface area contributed by atoms with Crippen LogP contribution in [0.3, 0.4) is 0 Å². The number of nitro benzene ring substituents is 1. The van der Waals surface area contributed by atoms with Crippen LogP contribution in [0.5, 0.6) is 0 Å². The van der Waals surface area contributed by atoms with E-state index in [4.69, 9.17) is 5.73 Å². The van der Waals surface area contributed by atoms with E-state index in [1.165, 1.54) is 12.1 Å². The van der Waals surface area contributed by atoms with E-state index >= 15 is 0 Å². The van der Waals surface area contributed by atoms with Crippen LogP contribution in [0.15, 0.2) is 18.2 Å². The zero-order valence-electron chi connectivity index (χ0n) is 8.44. The van der Waals surface area contributed by atoms with E-state index in [1.807, 2.05) is 0 Å². The molecule has 0 saturated carbocycles. The van der Waals surface area contributed by atoms with Gasteiger partial charge in [0.25, 0.3) is 5.69 Å². The van der Waals surface area contributed by atoms with Gasteiger partial charge in [0.1, 0.15) is 5.82 Å². The fraction of sp³-hybridized carbons (Fsp3) is 0.400. The van der Waals surface area contributed by atoms with Crippen molar-refractivity contribution >= 4 is 5.69 Å². The molecule has 1 atom stereocenters. The fourth-order valence-corrected chi connectivity index (χ4v) is 1.49. The quantitative estimate of drug-likeness (QED) is 0.614. The largest absolute Gasteiger partial charge is 0.330 e.